The van der Waals surface area contributed by atoms with Crippen LogP contribution in [-0.2, 0) is 10.0 Å². The normalized spacial score (nSPS) is 17.3. The van der Waals surface area contributed by atoms with Crippen LogP contribution in [0, 0.1) is 0 Å². The lowest BCUT2D eigenvalue weighted by Gasteiger charge is -2.14. The van der Waals surface area contributed by atoms with Crippen LogP contribution in [0.4, 0.5) is 5.82 Å². The van der Waals surface area contributed by atoms with Crippen molar-refractivity contribution in [3.05, 3.63) is 18.3 Å². The first-order chi connectivity index (χ1) is 8.50. The van der Waals surface area contributed by atoms with E-state index >= 15 is 0 Å². The van der Waals surface area contributed by atoms with Gasteiger partial charge in [0.2, 0.25) is 10.0 Å². The van der Waals surface area contributed by atoms with E-state index < -0.39 is 10.0 Å². The molecule has 1 aliphatic rings. The molecule has 0 aromatic carbocycles. The Labute approximate surface area is 108 Å². The van der Waals surface area contributed by atoms with Crippen LogP contribution in [0.15, 0.2) is 23.2 Å². The van der Waals surface area contributed by atoms with Crippen molar-refractivity contribution in [3.8, 4) is 0 Å². The van der Waals surface area contributed by atoms with Gasteiger partial charge in [-0.2, -0.15) is 0 Å². The minimum Gasteiger partial charge on any atom is -0.367 e. The fourth-order valence-corrected chi connectivity index (χ4v) is 2.96. The van der Waals surface area contributed by atoms with Crippen molar-refractivity contribution in [1.82, 2.24) is 9.29 Å². The molecule has 1 aromatic heterocycles. The van der Waals surface area contributed by atoms with E-state index in [0.717, 1.165) is 5.82 Å². The number of hydrogen-bond donors (Lipinski definition) is 1. The van der Waals surface area contributed by atoms with Crippen LogP contribution in [0.5, 0.6) is 0 Å². The zero-order chi connectivity index (χ0) is 13.2. The third-order valence-electron chi connectivity index (χ3n) is 3.22. The Bertz CT molecular complexity index is 491. The summed E-state index contributed by atoms with van der Waals surface area (Å²) in [4.78, 5) is 4.40. The molecule has 2 rings (SSSR count). The molecule has 0 aliphatic heterocycles. The molecule has 5 nitrogen and oxygen atoms in total. The minimum absolute atomic E-state index is 0.226. The molecule has 0 radical (unpaired) electrons. The highest BCUT2D eigenvalue weighted by Gasteiger charge is 2.18. The molecule has 0 spiro atoms. The monoisotopic (exact) mass is 269 g/mol. The molecule has 0 atom stereocenters. The number of aromatic nitrogens is 1. The number of nitrogens with zero attached hydrogens (tertiary/aromatic N) is 2. The Hall–Kier alpha value is -1.14. The SMILES string of the molecule is CN(C)S(=O)(=O)c1ccc(NC2CCCC2)nc1. The van der Waals surface area contributed by atoms with Gasteiger partial charge in [0.25, 0.3) is 0 Å². The molecule has 1 saturated carbocycles. The number of hydrogen-bond acceptors (Lipinski definition) is 4. The van der Waals surface area contributed by atoms with Crippen LogP contribution < -0.4 is 5.32 Å². The largest absolute Gasteiger partial charge is 0.367 e. The maximum atomic E-state index is 11.9. The van der Waals surface area contributed by atoms with E-state index in [1.54, 1.807) is 12.1 Å². The van der Waals surface area contributed by atoms with Crippen LogP contribution in [0.25, 0.3) is 0 Å². The average molecular weight is 269 g/mol. The molecule has 0 bridgehead atoms. The van der Waals surface area contributed by atoms with Crippen molar-refractivity contribution >= 4 is 15.8 Å². The summed E-state index contributed by atoms with van der Waals surface area (Å²) in [5, 5.41) is 3.33. The fraction of sp³-hybridized carbons (Fsp3) is 0.583. The molecule has 6 heteroatoms. The van der Waals surface area contributed by atoms with Crippen LogP contribution in [0.2, 0.25) is 0 Å². The van der Waals surface area contributed by atoms with Gasteiger partial charge in [0.05, 0.1) is 0 Å². The molecular formula is C12H19N3O2S. The molecule has 0 amide bonds. The van der Waals surface area contributed by atoms with Crippen LogP contribution in [0.3, 0.4) is 0 Å². The predicted octanol–water partition coefficient (Wildman–Crippen LogP) is 1.69. The Kier molecular flexibility index (Phi) is 3.87. The summed E-state index contributed by atoms with van der Waals surface area (Å²) >= 11 is 0. The molecule has 1 heterocycles. The van der Waals surface area contributed by atoms with Gasteiger partial charge >= 0.3 is 0 Å². The summed E-state index contributed by atoms with van der Waals surface area (Å²) in [6.07, 6.45) is 6.25. The van der Waals surface area contributed by atoms with Gasteiger partial charge in [0.1, 0.15) is 10.7 Å². The van der Waals surface area contributed by atoms with E-state index in [-0.39, 0.29) is 4.90 Å². The van der Waals surface area contributed by atoms with Crippen molar-refractivity contribution in [3.63, 3.8) is 0 Å². The van der Waals surface area contributed by atoms with E-state index in [1.807, 2.05) is 0 Å². The van der Waals surface area contributed by atoms with Crippen LogP contribution >= 0.6 is 0 Å². The van der Waals surface area contributed by atoms with Crippen LogP contribution in [0.1, 0.15) is 25.7 Å². The third-order valence-corrected chi connectivity index (χ3v) is 5.02. The number of anilines is 1. The molecule has 1 N–H and O–H groups in total. The van der Waals surface area contributed by atoms with Crippen molar-refractivity contribution < 1.29 is 8.42 Å². The lowest BCUT2D eigenvalue weighted by atomic mass is 10.2. The Morgan fingerprint density at radius 1 is 1.28 bits per heavy atom. The highest BCUT2D eigenvalue weighted by Crippen LogP contribution is 2.22. The Balaban J connectivity index is 2.10. The molecule has 1 fully saturated rings. The fourth-order valence-electron chi connectivity index (χ4n) is 2.11. The molecule has 100 valence electrons. The smallest absolute Gasteiger partial charge is 0.244 e. The zero-order valence-electron chi connectivity index (χ0n) is 10.8. The average Bonchev–Trinajstić information content (AvgIpc) is 2.82. The van der Waals surface area contributed by atoms with E-state index in [1.165, 1.54) is 50.3 Å². The van der Waals surface area contributed by atoms with Crippen molar-refractivity contribution in [2.45, 2.75) is 36.6 Å². The van der Waals surface area contributed by atoms with E-state index in [9.17, 15) is 8.42 Å². The second kappa shape index (κ2) is 5.24. The quantitative estimate of drug-likeness (QED) is 0.903. The first kappa shape index (κ1) is 13.3. The Morgan fingerprint density at radius 2 is 1.94 bits per heavy atom. The summed E-state index contributed by atoms with van der Waals surface area (Å²) in [5.41, 5.74) is 0. The lowest BCUT2D eigenvalue weighted by Crippen LogP contribution is -2.22. The lowest BCUT2D eigenvalue weighted by molar-refractivity contribution is 0.520. The topological polar surface area (TPSA) is 62.3 Å². The number of pyridine rings is 1. The summed E-state index contributed by atoms with van der Waals surface area (Å²) in [5.74, 6) is 0.750. The van der Waals surface area contributed by atoms with E-state index in [2.05, 4.69) is 10.3 Å². The highest BCUT2D eigenvalue weighted by atomic mass is 32.2. The van der Waals surface area contributed by atoms with Crippen molar-refractivity contribution in [2.24, 2.45) is 0 Å². The standard InChI is InChI=1S/C12H19N3O2S/c1-15(2)18(16,17)11-7-8-12(13-9-11)14-10-5-3-4-6-10/h7-10H,3-6H2,1-2H3,(H,13,14). The Morgan fingerprint density at radius 3 is 2.44 bits per heavy atom. The second-order valence-corrected chi connectivity index (χ2v) is 6.94. The molecule has 0 saturated heterocycles. The number of rotatable bonds is 4. The predicted molar refractivity (Wildman–Crippen MR) is 71.0 cm³/mol. The number of sulfonamides is 1. The minimum atomic E-state index is -3.38. The summed E-state index contributed by atoms with van der Waals surface area (Å²) < 4.78 is 24.9. The molecule has 1 aliphatic carbocycles. The summed E-state index contributed by atoms with van der Waals surface area (Å²) in [7, 11) is -0.350. The summed E-state index contributed by atoms with van der Waals surface area (Å²) in [6, 6.07) is 3.81. The van der Waals surface area contributed by atoms with E-state index in [0.29, 0.717) is 6.04 Å². The van der Waals surface area contributed by atoms with Crippen molar-refractivity contribution in [1.29, 1.82) is 0 Å². The molecule has 18 heavy (non-hydrogen) atoms. The highest BCUT2D eigenvalue weighted by molar-refractivity contribution is 7.89. The van der Waals surface area contributed by atoms with E-state index in [4.69, 9.17) is 0 Å². The first-order valence-corrected chi connectivity index (χ1v) is 7.59. The van der Waals surface area contributed by atoms with Crippen molar-refractivity contribution in [2.75, 3.05) is 19.4 Å². The van der Waals surface area contributed by atoms with Gasteiger partial charge in [0.15, 0.2) is 0 Å². The summed E-state index contributed by atoms with van der Waals surface area (Å²) in [6.45, 7) is 0. The second-order valence-electron chi connectivity index (χ2n) is 4.79. The van der Waals surface area contributed by atoms with Crippen LogP contribution in [-0.4, -0.2) is 37.8 Å². The van der Waals surface area contributed by atoms with Gasteiger partial charge in [-0.3, -0.25) is 0 Å². The maximum Gasteiger partial charge on any atom is 0.244 e. The van der Waals surface area contributed by atoms with Gasteiger partial charge in [-0.1, -0.05) is 12.8 Å². The molecule has 1 aromatic rings. The van der Waals surface area contributed by atoms with Gasteiger partial charge in [0, 0.05) is 26.3 Å². The van der Waals surface area contributed by atoms with Gasteiger partial charge < -0.3 is 5.32 Å². The first-order valence-electron chi connectivity index (χ1n) is 6.15. The van der Waals surface area contributed by atoms with Gasteiger partial charge in [-0.05, 0) is 25.0 Å². The third kappa shape index (κ3) is 2.81. The molecule has 0 unspecified atom stereocenters. The zero-order valence-corrected chi connectivity index (χ0v) is 11.6. The molecular weight excluding hydrogens is 250 g/mol. The maximum absolute atomic E-state index is 11.9. The number of nitrogens with one attached hydrogen (secondary N) is 1. The van der Waals surface area contributed by atoms with Gasteiger partial charge in [-0.25, -0.2) is 17.7 Å². The van der Waals surface area contributed by atoms with Gasteiger partial charge in [-0.15, -0.1) is 0 Å².